The number of ether oxygens (including phenoxy) is 2. The van der Waals surface area contributed by atoms with Gasteiger partial charge in [-0.05, 0) is 44.9 Å². The van der Waals surface area contributed by atoms with Gasteiger partial charge in [0.15, 0.2) is 0 Å². The van der Waals surface area contributed by atoms with Crippen molar-refractivity contribution in [2.75, 3.05) is 19.7 Å². The lowest BCUT2D eigenvalue weighted by Crippen LogP contribution is -2.27. The molecule has 0 aliphatic carbocycles. The molecule has 4 rings (SSSR count). The SMILES string of the molecule is CCOC(=O)[C@H]1CN(Cc2ccccc2)C[C@@H]1c1cn(C(=O)OC(C)(C)C)c2ccccc12. The molecule has 1 aliphatic heterocycles. The summed E-state index contributed by atoms with van der Waals surface area (Å²) in [5, 5.41) is 0.962. The Morgan fingerprint density at radius 3 is 2.39 bits per heavy atom. The molecule has 33 heavy (non-hydrogen) atoms. The van der Waals surface area contributed by atoms with Crippen LogP contribution in [0.5, 0.6) is 0 Å². The first kappa shape index (κ1) is 23.1. The standard InChI is InChI=1S/C27H32N2O4/c1-5-32-25(30)23-17-28(15-19-11-7-6-8-12-19)16-21(23)22-18-29(26(31)33-27(2,3)4)24-14-10-9-13-20(22)24/h6-14,18,21,23H,5,15-17H2,1-4H3/t21-,23+/m1/s1. The van der Waals surface area contributed by atoms with Crippen molar-refractivity contribution in [3.05, 3.63) is 71.9 Å². The average Bonchev–Trinajstić information content (AvgIpc) is 3.35. The summed E-state index contributed by atoms with van der Waals surface area (Å²) in [5.41, 5.74) is 2.36. The van der Waals surface area contributed by atoms with Gasteiger partial charge in [-0.25, -0.2) is 4.79 Å². The van der Waals surface area contributed by atoms with E-state index in [1.54, 1.807) is 4.57 Å². The molecule has 174 valence electrons. The number of hydrogen-bond acceptors (Lipinski definition) is 5. The van der Waals surface area contributed by atoms with Gasteiger partial charge in [0, 0.05) is 37.1 Å². The predicted molar refractivity (Wildman–Crippen MR) is 128 cm³/mol. The fourth-order valence-corrected chi connectivity index (χ4v) is 4.62. The van der Waals surface area contributed by atoms with E-state index in [1.807, 2.05) is 76.4 Å². The van der Waals surface area contributed by atoms with E-state index in [2.05, 4.69) is 17.0 Å². The summed E-state index contributed by atoms with van der Waals surface area (Å²) in [7, 11) is 0. The lowest BCUT2D eigenvalue weighted by Gasteiger charge is -2.20. The van der Waals surface area contributed by atoms with Crippen LogP contribution in [0.1, 0.15) is 44.7 Å². The summed E-state index contributed by atoms with van der Waals surface area (Å²) >= 11 is 0. The molecular formula is C27H32N2O4. The Labute approximate surface area is 195 Å². The van der Waals surface area contributed by atoms with Gasteiger partial charge in [-0.1, -0.05) is 48.5 Å². The summed E-state index contributed by atoms with van der Waals surface area (Å²) in [4.78, 5) is 28.2. The molecule has 6 heteroatoms. The highest BCUT2D eigenvalue weighted by molar-refractivity contribution is 5.93. The van der Waals surface area contributed by atoms with Crippen LogP contribution in [0, 0.1) is 5.92 Å². The van der Waals surface area contributed by atoms with Crippen LogP contribution >= 0.6 is 0 Å². The zero-order chi connectivity index (χ0) is 23.6. The quantitative estimate of drug-likeness (QED) is 0.502. The maximum Gasteiger partial charge on any atom is 0.419 e. The van der Waals surface area contributed by atoms with Crippen LogP contribution in [0.3, 0.4) is 0 Å². The van der Waals surface area contributed by atoms with E-state index >= 15 is 0 Å². The minimum atomic E-state index is -0.601. The molecule has 0 radical (unpaired) electrons. The van der Waals surface area contributed by atoms with Crippen molar-refractivity contribution in [1.29, 1.82) is 0 Å². The third-order valence-electron chi connectivity index (χ3n) is 5.97. The van der Waals surface area contributed by atoms with E-state index in [-0.39, 0.29) is 17.8 Å². The molecule has 0 saturated carbocycles. The molecule has 3 aromatic rings. The molecule has 0 spiro atoms. The monoisotopic (exact) mass is 448 g/mol. The Bertz CT molecular complexity index is 1130. The number of para-hydroxylation sites is 1. The Balaban J connectivity index is 1.71. The van der Waals surface area contributed by atoms with E-state index in [1.165, 1.54) is 5.56 Å². The summed E-state index contributed by atoms with van der Waals surface area (Å²) in [6, 6.07) is 18.0. The fourth-order valence-electron chi connectivity index (χ4n) is 4.62. The second kappa shape index (κ2) is 9.40. The number of nitrogens with zero attached hydrogens (tertiary/aromatic N) is 2. The average molecular weight is 449 g/mol. The van der Waals surface area contributed by atoms with Crippen LogP contribution in [0.4, 0.5) is 4.79 Å². The largest absolute Gasteiger partial charge is 0.466 e. The van der Waals surface area contributed by atoms with Gasteiger partial charge in [-0.15, -0.1) is 0 Å². The van der Waals surface area contributed by atoms with Crippen LogP contribution in [-0.4, -0.2) is 46.8 Å². The van der Waals surface area contributed by atoms with E-state index in [4.69, 9.17) is 9.47 Å². The first-order valence-electron chi connectivity index (χ1n) is 11.5. The van der Waals surface area contributed by atoms with Crippen molar-refractivity contribution in [2.24, 2.45) is 5.92 Å². The van der Waals surface area contributed by atoms with Crippen molar-refractivity contribution in [3.63, 3.8) is 0 Å². The smallest absolute Gasteiger partial charge is 0.419 e. The number of aromatic nitrogens is 1. The summed E-state index contributed by atoms with van der Waals surface area (Å²) in [6.07, 6.45) is 1.43. The van der Waals surface area contributed by atoms with Gasteiger partial charge < -0.3 is 9.47 Å². The van der Waals surface area contributed by atoms with Crippen LogP contribution in [0.25, 0.3) is 10.9 Å². The second-order valence-electron chi connectivity index (χ2n) is 9.60. The van der Waals surface area contributed by atoms with Crippen molar-refractivity contribution in [2.45, 2.75) is 45.8 Å². The van der Waals surface area contributed by atoms with Gasteiger partial charge in [0.25, 0.3) is 0 Å². The van der Waals surface area contributed by atoms with Gasteiger partial charge in [0.05, 0.1) is 18.0 Å². The molecule has 1 aliphatic rings. The van der Waals surface area contributed by atoms with Gasteiger partial charge in [-0.2, -0.15) is 0 Å². The van der Waals surface area contributed by atoms with Crippen molar-refractivity contribution >= 4 is 23.0 Å². The number of benzene rings is 2. The normalized spacial score (nSPS) is 19.0. The van der Waals surface area contributed by atoms with Gasteiger partial charge >= 0.3 is 12.1 Å². The van der Waals surface area contributed by atoms with Gasteiger partial charge in [-0.3, -0.25) is 14.3 Å². The molecular weight excluding hydrogens is 416 g/mol. The third kappa shape index (κ3) is 5.11. The molecule has 2 aromatic carbocycles. The molecule has 1 aromatic heterocycles. The van der Waals surface area contributed by atoms with Crippen LogP contribution in [0.15, 0.2) is 60.8 Å². The van der Waals surface area contributed by atoms with E-state index < -0.39 is 11.7 Å². The fraction of sp³-hybridized carbons (Fsp3) is 0.407. The third-order valence-corrected chi connectivity index (χ3v) is 5.97. The maximum absolute atomic E-state index is 13.0. The van der Waals surface area contributed by atoms with E-state index in [0.29, 0.717) is 19.7 Å². The zero-order valence-electron chi connectivity index (χ0n) is 19.8. The maximum atomic E-state index is 13.0. The van der Waals surface area contributed by atoms with Crippen LogP contribution in [0.2, 0.25) is 0 Å². The Hall–Kier alpha value is -3.12. The molecule has 2 atom stereocenters. The minimum absolute atomic E-state index is 0.0821. The number of carbonyl (C=O) groups is 2. The molecule has 1 saturated heterocycles. The molecule has 0 N–H and O–H groups in total. The molecule has 1 fully saturated rings. The van der Waals surface area contributed by atoms with Crippen molar-refractivity contribution in [1.82, 2.24) is 9.47 Å². The Kier molecular flexibility index (Phi) is 6.56. The van der Waals surface area contributed by atoms with Crippen molar-refractivity contribution in [3.8, 4) is 0 Å². The lowest BCUT2D eigenvalue weighted by molar-refractivity contribution is -0.148. The van der Waals surface area contributed by atoms with Crippen molar-refractivity contribution < 1.29 is 19.1 Å². The topological polar surface area (TPSA) is 60.8 Å². The summed E-state index contributed by atoms with van der Waals surface area (Å²) in [5.74, 6) is -0.569. The van der Waals surface area contributed by atoms with Gasteiger partial charge in [0.2, 0.25) is 0 Å². The highest BCUT2D eigenvalue weighted by Crippen LogP contribution is 2.39. The molecule has 0 unspecified atom stereocenters. The summed E-state index contributed by atoms with van der Waals surface area (Å²) in [6.45, 7) is 9.83. The first-order valence-corrected chi connectivity index (χ1v) is 11.5. The highest BCUT2D eigenvalue weighted by Gasteiger charge is 2.41. The number of fused-ring (bicyclic) bond motifs is 1. The van der Waals surface area contributed by atoms with E-state index in [9.17, 15) is 9.59 Å². The number of carbonyl (C=O) groups excluding carboxylic acids is 2. The first-order chi connectivity index (χ1) is 15.8. The van der Waals surface area contributed by atoms with Crippen LogP contribution in [-0.2, 0) is 20.8 Å². The predicted octanol–water partition coefficient (Wildman–Crippen LogP) is 5.20. The number of esters is 1. The zero-order valence-corrected chi connectivity index (χ0v) is 19.8. The Morgan fingerprint density at radius 1 is 1.00 bits per heavy atom. The molecule has 2 heterocycles. The van der Waals surface area contributed by atoms with Crippen LogP contribution < -0.4 is 0 Å². The Morgan fingerprint density at radius 2 is 1.70 bits per heavy atom. The summed E-state index contributed by atoms with van der Waals surface area (Å²) < 4.78 is 12.7. The second-order valence-corrected chi connectivity index (χ2v) is 9.60. The minimum Gasteiger partial charge on any atom is -0.466 e. The molecule has 0 amide bonds. The molecule has 0 bridgehead atoms. The lowest BCUT2D eigenvalue weighted by atomic mass is 9.89. The van der Waals surface area contributed by atoms with E-state index in [0.717, 1.165) is 23.0 Å². The molecule has 6 nitrogen and oxygen atoms in total. The number of hydrogen-bond donors (Lipinski definition) is 0. The number of rotatable bonds is 5. The van der Waals surface area contributed by atoms with Gasteiger partial charge in [0.1, 0.15) is 5.60 Å². The highest BCUT2D eigenvalue weighted by atomic mass is 16.6. The number of likely N-dealkylation sites (tertiary alicyclic amines) is 1.